The van der Waals surface area contributed by atoms with E-state index in [1.807, 2.05) is 39.0 Å². The minimum absolute atomic E-state index is 0.0216. The monoisotopic (exact) mass is 338 g/mol. The maximum Gasteiger partial charge on any atom is 0.224 e. The van der Waals surface area contributed by atoms with Gasteiger partial charge in [-0.3, -0.25) is 4.79 Å². The molecule has 1 saturated heterocycles. The van der Waals surface area contributed by atoms with E-state index >= 15 is 0 Å². The van der Waals surface area contributed by atoms with Crippen molar-refractivity contribution in [3.8, 4) is 0 Å². The summed E-state index contributed by atoms with van der Waals surface area (Å²) in [5.74, 6) is 0.326. The Bertz CT molecular complexity index is 650. The Balaban J connectivity index is 1.91. The summed E-state index contributed by atoms with van der Waals surface area (Å²) in [4.78, 5) is 14.1. The standard InChI is InChI=1S/C17H26N2O3S/c1-4-19(15-9-11-23(21,22)12-15)16(20)8-10-18-17-13(2)6-5-7-14(17)3/h5-7,15,18H,4,8-12H2,1-3H3. The Morgan fingerprint density at radius 2 is 1.96 bits per heavy atom. The highest BCUT2D eigenvalue weighted by Crippen LogP contribution is 2.20. The van der Waals surface area contributed by atoms with Crippen LogP contribution in [0.3, 0.4) is 0 Å². The van der Waals surface area contributed by atoms with Crippen molar-refractivity contribution in [2.45, 2.75) is 39.7 Å². The average Bonchev–Trinajstić information content (AvgIpc) is 2.83. The van der Waals surface area contributed by atoms with Crippen LogP contribution in [0, 0.1) is 13.8 Å². The van der Waals surface area contributed by atoms with Crippen LogP contribution in [0.5, 0.6) is 0 Å². The van der Waals surface area contributed by atoms with Gasteiger partial charge in [-0.25, -0.2) is 8.42 Å². The van der Waals surface area contributed by atoms with Gasteiger partial charge in [0.2, 0.25) is 5.91 Å². The highest BCUT2D eigenvalue weighted by Gasteiger charge is 2.33. The summed E-state index contributed by atoms with van der Waals surface area (Å²) in [6, 6.07) is 5.94. The second kappa shape index (κ2) is 7.34. The highest BCUT2D eigenvalue weighted by atomic mass is 32.2. The molecule has 0 spiro atoms. The van der Waals surface area contributed by atoms with E-state index in [0.717, 1.165) is 16.8 Å². The molecule has 2 rings (SSSR count). The molecule has 128 valence electrons. The molecule has 1 amide bonds. The first-order valence-electron chi connectivity index (χ1n) is 8.14. The van der Waals surface area contributed by atoms with E-state index in [9.17, 15) is 13.2 Å². The number of hydrogen-bond acceptors (Lipinski definition) is 4. The SMILES string of the molecule is CCN(C(=O)CCNc1c(C)cccc1C)C1CCS(=O)(=O)C1. The van der Waals surface area contributed by atoms with Crippen molar-refractivity contribution in [1.29, 1.82) is 0 Å². The Morgan fingerprint density at radius 1 is 1.30 bits per heavy atom. The number of rotatable bonds is 6. The molecule has 1 heterocycles. The van der Waals surface area contributed by atoms with Gasteiger partial charge in [-0.15, -0.1) is 0 Å². The number of carbonyl (C=O) groups excluding carboxylic acids is 1. The van der Waals surface area contributed by atoms with Crippen molar-refractivity contribution < 1.29 is 13.2 Å². The van der Waals surface area contributed by atoms with Crippen LogP contribution in [0.25, 0.3) is 0 Å². The quantitative estimate of drug-likeness (QED) is 0.863. The van der Waals surface area contributed by atoms with Gasteiger partial charge >= 0.3 is 0 Å². The topological polar surface area (TPSA) is 66.5 Å². The molecule has 6 heteroatoms. The van der Waals surface area contributed by atoms with Crippen molar-refractivity contribution >= 4 is 21.4 Å². The lowest BCUT2D eigenvalue weighted by Gasteiger charge is -2.27. The fraction of sp³-hybridized carbons (Fsp3) is 0.588. The second-order valence-corrected chi connectivity index (χ2v) is 8.41. The maximum atomic E-state index is 12.4. The van der Waals surface area contributed by atoms with E-state index in [2.05, 4.69) is 5.32 Å². The van der Waals surface area contributed by atoms with Crippen LogP contribution >= 0.6 is 0 Å². The van der Waals surface area contributed by atoms with Crippen molar-refractivity contribution in [2.24, 2.45) is 0 Å². The van der Waals surface area contributed by atoms with Crippen molar-refractivity contribution in [3.05, 3.63) is 29.3 Å². The van der Waals surface area contributed by atoms with Gasteiger partial charge in [-0.05, 0) is 38.3 Å². The van der Waals surface area contributed by atoms with Gasteiger partial charge < -0.3 is 10.2 Å². The summed E-state index contributed by atoms with van der Waals surface area (Å²) in [6.07, 6.45) is 0.935. The molecule has 1 aliphatic heterocycles. The Morgan fingerprint density at radius 3 is 2.48 bits per heavy atom. The Hall–Kier alpha value is -1.56. The van der Waals surface area contributed by atoms with Crippen LogP contribution in [-0.2, 0) is 14.6 Å². The lowest BCUT2D eigenvalue weighted by atomic mass is 10.1. The number of nitrogens with zero attached hydrogens (tertiary/aromatic N) is 1. The molecular formula is C17H26N2O3S. The number of anilines is 1. The number of hydrogen-bond donors (Lipinski definition) is 1. The van der Waals surface area contributed by atoms with Crippen molar-refractivity contribution in [1.82, 2.24) is 4.90 Å². The molecule has 23 heavy (non-hydrogen) atoms. The molecule has 5 nitrogen and oxygen atoms in total. The van der Waals surface area contributed by atoms with Crippen LogP contribution in [0.2, 0.25) is 0 Å². The molecule has 1 N–H and O–H groups in total. The molecule has 1 aromatic rings. The number of carbonyl (C=O) groups is 1. The van der Waals surface area contributed by atoms with E-state index in [1.165, 1.54) is 0 Å². The van der Waals surface area contributed by atoms with Crippen LogP contribution in [-0.4, -0.2) is 49.9 Å². The number of aryl methyl sites for hydroxylation is 2. The molecule has 1 unspecified atom stereocenters. The first-order chi connectivity index (χ1) is 10.8. The van der Waals surface area contributed by atoms with Crippen LogP contribution < -0.4 is 5.32 Å². The van der Waals surface area contributed by atoms with Gasteiger partial charge in [0.05, 0.1) is 11.5 Å². The third kappa shape index (κ3) is 4.47. The van der Waals surface area contributed by atoms with E-state index in [-0.39, 0.29) is 23.5 Å². The molecule has 1 atom stereocenters. The van der Waals surface area contributed by atoms with E-state index in [0.29, 0.717) is 25.9 Å². The molecule has 0 saturated carbocycles. The minimum Gasteiger partial charge on any atom is -0.384 e. The lowest BCUT2D eigenvalue weighted by Crippen LogP contribution is -2.41. The molecule has 0 radical (unpaired) electrons. The molecular weight excluding hydrogens is 312 g/mol. The summed E-state index contributed by atoms with van der Waals surface area (Å²) in [5, 5.41) is 3.33. The van der Waals surface area contributed by atoms with Gasteiger partial charge in [-0.1, -0.05) is 18.2 Å². The lowest BCUT2D eigenvalue weighted by molar-refractivity contribution is -0.132. The van der Waals surface area contributed by atoms with Gasteiger partial charge in [0, 0.05) is 31.2 Å². The zero-order chi connectivity index (χ0) is 17.0. The molecule has 1 aliphatic rings. The van der Waals surface area contributed by atoms with Gasteiger partial charge in [0.1, 0.15) is 0 Å². The van der Waals surface area contributed by atoms with Crippen molar-refractivity contribution in [2.75, 3.05) is 29.9 Å². The number of amides is 1. The van der Waals surface area contributed by atoms with Crippen LogP contribution in [0.4, 0.5) is 5.69 Å². The summed E-state index contributed by atoms with van der Waals surface area (Å²) < 4.78 is 23.2. The van der Waals surface area contributed by atoms with Crippen LogP contribution in [0.1, 0.15) is 30.9 Å². The van der Waals surface area contributed by atoms with Crippen LogP contribution in [0.15, 0.2) is 18.2 Å². The molecule has 1 fully saturated rings. The molecule has 0 aliphatic carbocycles. The summed E-state index contributed by atoms with van der Waals surface area (Å²) in [6.45, 7) is 7.10. The number of nitrogens with one attached hydrogen (secondary N) is 1. The fourth-order valence-corrected chi connectivity index (χ4v) is 4.92. The molecule has 0 bridgehead atoms. The maximum absolute atomic E-state index is 12.4. The second-order valence-electron chi connectivity index (χ2n) is 6.18. The van der Waals surface area contributed by atoms with E-state index in [1.54, 1.807) is 4.90 Å². The zero-order valence-corrected chi connectivity index (χ0v) is 14.9. The predicted octanol–water partition coefficient (Wildman–Crippen LogP) is 2.14. The molecule has 0 aromatic heterocycles. The van der Waals surface area contributed by atoms with Crippen molar-refractivity contribution in [3.63, 3.8) is 0 Å². The normalized spacial score (nSPS) is 19.5. The predicted molar refractivity (Wildman–Crippen MR) is 93.5 cm³/mol. The minimum atomic E-state index is -2.97. The zero-order valence-electron chi connectivity index (χ0n) is 14.1. The summed E-state index contributed by atoms with van der Waals surface area (Å²) in [5.41, 5.74) is 3.39. The number of para-hydroxylation sites is 1. The largest absolute Gasteiger partial charge is 0.384 e. The van der Waals surface area contributed by atoms with E-state index < -0.39 is 9.84 Å². The number of sulfone groups is 1. The summed E-state index contributed by atoms with van der Waals surface area (Å²) in [7, 11) is -2.97. The Kier molecular flexibility index (Phi) is 5.68. The fourth-order valence-electron chi connectivity index (χ4n) is 3.19. The number of benzene rings is 1. The third-order valence-corrected chi connectivity index (χ3v) is 6.18. The smallest absolute Gasteiger partial charge is 0.224 e. The Labute approximate surface area is 139 Å². The molecule has 1 aromatic carbocycles. The van der Waals surface area contributed by atoms with E-state index in [4.69, 9.17) is 0 Å². The van der Waals surface area contributed by atoms with Gasteiger partial charge in [0.15, 0.2) is 9.84 Å². The highest BCUT2D eigenvalue weighted by molar-refractivity contribution is 7.91. The summed E-state index contributed by atoms with van der Waals surface area (Å²) >= 11 is 0. The van der Waals surface area contributed by atoms with Gasteiger partial charge in [0.25, 0.3) is 0 Å². The average molecular weight is 338 g/mol. The van der Waals surface area contributed by atoms with Gasteiger partial charge in [-0.2, -0.15) is 0 Å². The third-order valence-electron chi connectivity index (χ3n) is 4.43. The first kappa shape index (κ1) is 17.8. The first-order valence-corrected chi connectivity index (χ1v) is 9.96.